The van der Waals surface area contributed by atoms with Gasteiger partial charge in [-0.3, -0.25) is 9.98 Å². The summed E-state index contributed by atoms with van der Waals surface area (Å²) in [7, 11) is 0.512. The molecule has 2 N–H and O–H groups in total. The lowest BCUT2D eigenvalue weighted by atomic mass is 10.1. The van der Waals surface area contributed by atoms with Crippen LogP contribution in [0.5, 0.6) is 0 Å². The number of unbranched alkanes of at least 4 members (excludes halogenated alkanes) is 1. The van der Waals surface area contributed by atoms with Crippen molar-refractivity contribution in [2.45, 2.75) is 19.8 Å². The van der Waals surface area contributed by atoms with E-state index in [1.807, 2.05) is 12.3 Å². The van der Waals surface area contributed by atoms with Gasteiger partial charge in [-0.25, -0.2) is 0 Å². The topological polar surface area (TPSA) is 82.0 Å². The third-order valence-corrected chi connectivity index (χ3v) is 4.31. The maximum absolute atomic E-state index is 9.56. The number of hydrogen-bond donors (Lipinski definition) is 2. The van der Waals surface area contributed by atoms with Crippen molar-refractivity contribution in [1.29, 1.82) is 0 Å². The predicted molar refractivity (Wildman–Crippen MR) is 114 cm³/mol. The van der Waals surface area contributed by atoms with Gasteiger partial charge in [0.25, 0.3) is 10.1 Å². The lowest BCUT2D eigenvalue weighted by Crippen LogP contribution is -2.12. The van der Waals surface area contributed by atoms with Gasteiger partial charge >= 0.3 is 0 Å². The molecule has 2 aromatic carbocycles. The van der Waals surface area contributed by atoms with Crippen LogP contribution in [0.1, 0.15) is 19.8 Å². The molecule has 0 unspecified atom stereocenters. The summed E-state index contributed by atoms with van der Waals surface area (Å²) in [6, 6.07) is 18.7. The zero-order chi connectivity index (χ0) is 20.1. The normalized spacial score (nSPS) is 11.3. The summed E-state index contributed by atoms with van der Waals surface area (Å²) in [6.45, 7) is 2.47. The second-order valence-electron chi connectivity index (χ2n) is 6.18. The van der Waals surface area contributed by atoms with Crippen LogP contribution >= 0.6 is 0 Å². The van der Waals surface area contributed by atoms with Gasteiger partial charge in [-0.05, 0) is 63.7 Å². The fraction of sp³-hybridized carbons (Fsp3) is 0.350. The number of anilines is 1. The molecule has 0 heterocycles. The monoisotopic (exact) mass is 391 g/mol. The van der Waals surface area contributed by atoms with E-state index >= 15 is 0 Å². The van der Waals surface area contributed by atoms with Crippen LogP contribution in [0.25, 0.3) is 11.1 Å². The number of hydrazone groups is 1. The molecule has 0 atom stereocenters. The van der Waals surface area contributed by atoms with Crippen molar-refractivity contribution in [2.24, 2.45) is 5.10 Å². The van der Waals surface area contributed by atoms with Gasteiger partial charge in [0, 0.05) is 6.21 Å². The van der Waals surface area contributed by atoms with Crippen LogP contribution in [0, 0.1) is 0 Å². The Hall–Kier alpha value is -2.22. The summed E-state index contributed by atoms with van der Waals surface area (Å²) in [5, 5.41) is 4.25. The van der Waals surface area contributed by atoms with Gasteiger partial charge in [-0.1, -0.05) is 42.5 Å². The average molecular weight is 392 g/mol. The smallest absolute Gasteiger partial charge is 0.264 e. The molecule has 6 nitrogen and oxygen atoms in total. The fourth-order valence-corrected chi connectivity index (χ4v) is 2.05. The molecule has 0 amide bonds. The van der Waals surface area contributed by atoms with E-state index < -0.39 is 10.1 Å². The van der Waals surface area contributed by atoms with Gasteiger partial charge in [0.1, 0.15) is 0 Å². The standard InChI is InChI=1S/C18H23N3.C2H6O3S/c1-21(2)15-7-6-14-19-20-18-12-10-17(11-13-18)16-8-4-3-5-9-16;1-2-6(3,4)5/h3-5,8-14,20H,6-7,15H2,1-2H3;2H2,1H3,(H,3,4,5). The van der Waals surface area contributed by atoms with Crippen LogP contribution in [-0.2, 0) is 10.1 Å². The quantitative estimate of drug-likeness (QED) is 0.308. The maximum Gasteiger partial charge on any atom is 0.264 e. The van der Waals surface area contributed by atoms with Gasteiger partial charge in [-0.2, -0.15) is 13.5 Å². The molecule has 2 aromatic rings. The van der Waals surface area contributed by atoms with E-state index in [2.05, 4.69) is 78.1 Å². The zero-order valence-electron chi connectivity index (χ0n) is 16.2. The molecule has 0 fully saturated rings. The zero-order valence-corrected chi connectivity index (χ0v) is 17.0. The maximum atomic E-state index is 9.56. The predicted octanol–water partition coefficient (Wildman–Crippen LogP) is 3.99. The van der Waals surface area contributed by atoms with E-state index in [0.717, 1.165) is 25.1 Å². The fourth-order valence-electron chi connectivity index (χ4n) is 2.05. The summed E-state index contributed by atoms with van der Waals surface area (Å²) >= 11 is 0. The molecule has 0 bridgehead atoms. The van der Waals surface area contributed by atoms with E-state index in [1.165, 1.54) is 18.1 Å². The highest BCUT2D eigenvalue weighted by molar-refractivity contribution is 7.85. The van der Waals surface area contributed by atoms with Crippen molar-refractivity contribution in [3.05, 3.63) is 54.6 Å². The summed E-state index contributed by atoms with van der Waals surface area (Å²) in [5.74, 6) is -0.201. The highest BCUT2D eigenvalue weighted by Gasteiger charge is 1.96. The number of benzene rings is 2. The lowest BCUT2D eigenvalue weighted by Gasteiger charge is -2.06. The third-order valence-electron chi connectivity index (χ3n) is 3.58. The summed E-state index contributed by atoms with van der Waals surface area (Å²) in [5.41, 5.74) is 6.53. The number of nitrogens with zero attached hydrogens (tertiary/aromatic N) is 2. The lowest BCUT2D eigenvalue weighted by molar-refractivity contribution is 0.404. The van der Waals surface area contributed by atoms with Gasteiger partial charge < -0.3 is 4.90 Å². The second-order valence-corrected chi connectivity index (χ2v) is 7.92. The molecule has 0 aromatic heterocycles. The Morgan fingerprint density at radius 2 is 1.59 bits per heavy atom. The first-order chi connectivity index (χ1) is 12.8. The van der Waals surface area contributed by atoms with Crippen molar-refractivity contribution in [3.8, 4) is 11.1 Å². The molecule has 0 spiro atoms. The summed E-state index contributed by atoms with van der Waals surface area (Å²) in [4.78, 5) is 2.18. The number of nitrogens with one attached hydrogen (secondary N) is 1. The Bertz CT molecular complexity index is 774. The van der Waals surface area contributed by atoms with Crippen LogP contribution in [-0.4, -0.2) is 50.5 Å². The molecule has 0 aliphatic carbocycles. The Morgan fingerprint density at radius 3 is 2.11 bits per heavy atom. The van der Waals surface area contributed by atoms with Gasteiger partial charge in [0.05, 0.1) is 11.4 Å². The Morgan fingerprint density at radius 1 is 1.04 bits per heavy atom. The SMILES string of the molecule is CCS(=O)(=O)O.CN(C)CCCC=NNc1ccc(-c2ccccc2)cc1. The molecule has 0 radical (unpaired) electrons. The molecule has 0 aliphatic rings. The van der Waals surface area contributed by atoms with Crippen molar-refractivity contribution in [3.63, 3.8) is 0 Å². The van der Waals surface area contributed by atoms with E-state index in [0.29, 0.717) is 0 Å². The molecule has 27 heavy (non-hydrogen) atoms. The van der Waals surface area contributed by atoms with Crippen molar-refractivity contribution in [1.82, 2.24) is 4.90 Å². The van der Waals surface area contributed by atoms with E-state index in [1.54, 1.807) is 0 Å². The van der Waals surface area contributed by atoms with E-state index in [9.17, 15) is 8.42 Å². The van der Waals surface area contributed by atoms with Gasteiger partial charge in [0.15, 0.2) is 0 Å². The van der Waals surface area contributed by atoms with Crippen molar-refractivity contribution in [2.75, 3.05) is 31.8 Å². The average Bonchev–Trinajstić information content (AvgIpc) is 2.65. The van der Waals surface area contributed by atoms with Gasteiger partial charge in [-0.15, -0.1) is 0 Å². The highest BCUT2D eigenvalue weighted by Crippen LogP contribution is 2.20. The molecule has 0 aliphatic heterocycles. The van der Waals surface area contributed by atoms with Crippen LogP contribution in [0.4, 0.5) is 5.69 Å². The van der Waals surface area contributed by atoms with E-state index in [-0.39, 0.29) is 5.75 Å². The van der Waals surface area contributed by atoms with Crippen LogP contribution in [0.15, 0.2) is 59.7 Å². The minimum atomic E-state index is -3.66. The first kappa shape index (κ1) is 22.8. The third kappa shape index (κ3) is 11.2. The first-order valence-corrected chi connectivity index (χ1v) is 10.5. The van der Waals surface area contributed by atoms with Gasteiger partial charge in [0.2, 0.25) is 0 Å². The molecule has 148 valence electrons. The molecular formula is C20H29N3O3S. The first-order valence-electron chi connectivity index (χ1n) is 8.84. The van der Waals surface area contributed by atoms with Crippen LogP contribution < -0.4 is 5.43 Å². The molecular weight excluding hydrogens is 362 g/mol. The molecule has 2 rings (SSSR count). The number of rotatable bonds is 8. The van der Waals surface area contributed by atoms with Crippen LogP contribution in [0.2, 0.25) is 0 Å². The molecule has 0 saturated heterocycles. The minimum Gasteiger partial charge on any atom is -0.309 e. The largest absolute Gasteiger partial charge is 0.309 e. The van der Waals surface area contributed by atoms with E-state index in [4.69, 9.17) is 4.55 Å². The minimum absolute atomic E-state index is 0.201. The summed E-state index contributed by atoms with van der Waals surface area (Å²) < 4.78 is 26.9. The molecule has 0 saturated carbocycles. The second kappa shape index (κ2) is 12.2. The Labute approximate surface area is 162 Å². The van der Waals surface area contributed by atoms with Crippen molar-refractivity contribution >= 4 is 22.0 Å². The van der Waals surface area contributed by atoms with Crippen molar-refractivity contribution < 1.29 is 13.0 Å². The Balaban J connectivity index is 0.000000527. The molecule has 7 heteroatoms. The highest BCUT2D eigenvalue weighted by atomic mass is 32.2. The Kier molecular flexibility index (Phi) is 10.3. The number of hydrogen-bond acceptors (Lipinski definition) is 5. The summed E-state index contributed by atoms with van der Waals surface area (Å²) in [6.07, 6.45) is 4.06. The van der Waals surface area contributed by atoms with Crippen LogP contribution in [0.3, 0.4) is 0 Å².